The summed E-state index contributed by atoms with van der Waals surface area (Å²) in [5.74, 6) is 0.367. The molecule has 2 aliphatic heterocycles. The summed E-state index contributed by atoms with van der Waals surface area (Å²) in [4.78, 5) is 28.6. The first-order valence-electron chi connectivity index (χ1n) is 8.02. The number of likely N-dealkylation sites (tertiary alicyclic amines) is 2. The van der Waals surface area contributed by atoms with Gasteiger partial charge in [0.15, 0.2) is 0 Å². The van der Waals surface area contributed by atoms with Crippen molar-refractivity contribution in [2.75, 3.05) is 39.8 Å². The van der Waals surface area contributed by atoms with Crippen molar-refractivity contribution in [1.82, 2.24) is 9.80 Å². The fourth-order valence-electron chi connectivity index (χ4n) is 3.99. The molecule has 5 nitrogen and oxygen atoms in total. The number of ketones is 1. The fourth-order valence-corrected chi connectivity index (χ4v) is 3.99. The molecule has 21 heavy (non-hydrogen) atoms. The van der Waals surface area contributed by atoms with Gasteiger partial charge in [-0.05, 0) is 45.8 Å². The molecule has 120 valence electrons. The molecular formula is C16H28N2O3. The maximum absolute atomic E-state index is 12.7. The Morgan fingerprint density at radius 2 is 1.81 bits per heavy atom. The van der Waals surface area contributed by atoms with Gasteiger partial charge in [0.1, 0.15) is 5.78 Å². The molecule has 0 aromatic carbocycles. The largest absolute Gasteiger partial charge is 0.396 e. The number of carbonyl (C=O) groups excluding carboxylic acids is 2. The van der Waals surface area contributed by atoms with E-state index in [1.54, 1.807) is 6.92 Å². The first kappa shape index (κ1) is 16.4. The molecule has 2 aliphatic rings. The van der Waals surface area contributed by atoms with E-state index in [9.17, 15) is 14.7 Å². The van der Waals surface area contributed by atoms with Crippen LogP contribution in [0.25, 0.3) is 0 Å². The van der Waals surface area contributed by atoms with E-state index in [0.29, 0.717) is 13.1 Å². The molecule has 0 radical (unpaired) electrons. The Labute approximate surface area is 127 Å². The lowest BCUT2D eigenvalue weighted by Gasteiger charge is -2.43. The average molecular weight is 296 g/mol. The van der Waals surface area contributed by atoms with Gasteiger partial charge in [-0.25, -0.2) is 0 Å². The minimum atomic E-state index is -0.114. The van der Waals surface area contributed by atoms with Gasteiger partial charge in [-0.3, -0.25) is 9.59 Å². The second-order valence-corrected chi connectivity index (χ2v) is 6.88. The van der Waals surface area contributed by atoms with Gasteiger partial charge in [0.2, 0.25) is 5.91 Å². The Hall–Kier alpha value is -0.940. The van der Waals surface area contributed by atoms with E-state index in [0.717, 1.165) is 25.9 Å². The molecule has 0 aromatic rings. The summed E-state index contributed by atoms with van der Waals surface area (Å²) >= 11 is 0. The van der Waals surface area contributed by atoms with Crippen LogP contribution in [-0.4, -0.2) is 66.4 Å². The van der Waals surface area contributed by atoms with E-state index in [2.05, 4.69) is 11.9 Å². The van der Waals surface area contributed by atoms with Gasteiger partial charge < -0.3 is 14.9 Å². The van der Waals surface area contributed by atoms with Crippen molar-refractivity contribution in [2.24, 2.45) is 23.7 Å². The number of nitrogens with zero attached hydrogens (tertiary/aromatic N) is 2. The Morgan fingerprint density at radius 1 is 1.19 bits per heavy atom. The third-order valence-electron chi connectivity index (χ3n) is 5.17. The summed E-state index contributed by atoms with van der Waals surface area (Å²) in [6.07, 6.45) is 1.83. The molecule has 1 amide bonds. The molecule has 1 N–H and O–H groups in total. The lowest BCUT2D eigenvalue weighted by molar-refractivity contribution is -0.145. The summed E-state index contributed by atoms with van der Waals surface area (Å²) in [6.45, 7) is 6.70. The SMILES string of the molecule is CC(=O)C1C(C)CN(C(=O)C2CCN(C)CC2)CC1CO. The first-order chi connectivity index (χ1) is 9.93. The van der Waals surface area contributed by atoms with Crippen LogP contribution in [0.3, 0.4) is 0 Å². The minimum Gasteiger partial charge on any atom is -0.396 e. The van der Waals surface area contributed by atoms with Crippen LogP contribution in [0.2, 0.25) is 0 Å². The summed E-state index contributed by atoms with van der Waals surface area (Å²) in [6, 6.07) is 0. The number of amides is 1. The number of hydrogen-bond acceptors (Lipinski definition) is 4. The van der Waals surface area contributed by atoms with E-state index < -0.39 is 0 Å². The second-order valence-electron chi connectivity index (χ2n) is 6.88. The van der Waals surface area contributed by atoms with Crippen molar-refractivity contribution in [2.45, 2.75) is 26.7 Å². The highest BCUT2D eigenvalue weighted by Gasteiger charge is 2.40. The molecule has 0 aromatic heterocycles. The highest BCUT2D eigenvalue weighted by molar-refractivity contribution is 5.81. The molecule has 0 saturated carbocycles. The quantitative estimate of drug-likeness (QED) is 0.829. The maximum atomic E-state index is 12.7. The highest BCUT2D eigenvalue weighted by atomic mass is 16.3. The van der Waals surface area contributed by atoms with E-state index in [4.69, 9.17) is 0 Å². The summed E-state index contributed by atoms with van der Waals surface area (Å²) in [5, 5.41) is 9.58. The van der Waals surface area contributed by atoms with Gasteiger partial charge in [-0.1, -0.05) is 6.92 Å². The third kappa shape index (κ3) is 3.64. The van der Waals surface area contributed by atoms with E-state index in [-0.39, 0.29) is 42.0 Å². The molecule has 2 fully saturated rings. The average Bonchev–Trinajstić information content (AvgIpc) is 2.45. The lowest BCUT2D eigenvalue weighted by atomic mass is 9.76. The van der Waals surface area contributed by atoms with E-state index in [1.807, 2.05) is 11.8 Å². The molecular weight excluding hydrogens is 268 g/mol. The molecule has 3 atom stereocenters. The van der Waals surface area contributed by atoms with Crippen LogP contribution >= 0.6 is 0 Å². The zero-order chi connectivity index (χ0) is 15.6. The molecule has 0 aliphatic carbocycles. The van der Waals surface area contributed by atoms with E-state index >= 15 is 0 Å². The van der Waals surface area contributed by atoms with Gasteiger partial charge in [0.25, 0.3) is 0 Å². The van der Waals surface area contributed by atoms with E-state index in [1.165, 1.54) is 0 Å². The number of hydrogen-bond donors (Lipinski definition) is 1. The maximum Gasteiger partial charge on any atom is 0.225 e. The summed E-state index contributed by atoms with van der Waals surface area (Å²) in [7, 11) is 2.09. The van der Waals surface area contributed by atoms with Crippen molar-refractivity contribution in [3.63, 3.8) is 0 Å². The number of aliphatic hydroxyl groups excluding tert-OH is 1. The Bertz CT molecular complexity index is 391. The van der Waals surface area contributed by atoms with Crippen LogP contribution in [0.15, 0.2) is 0 Å². The van der Waals surface area contributed by atoms with Crippen LogP contribution in [0, 0.1) is 23.7 Å². The third-order valence-corrected chi connectivity index (χ3v) is 5.17. The summed E-state index contributed by atoms with van der Waals surface area (Å²) < 4.78 is 0. The standard InChI is InChI=1S/C16H28N2O3/c1-11-8-18(9-14(10-19)15(11)12(2)20)16(21)13-4-6-17(3)7-5-13/h11,13-15,19H,4-10H2,1-3H3. The van der Waals surface area contributed by atoms with Crippen molar-refractivity contribution in [1.29, 1.82) is 0 Å². The van der Waals surface area contributed by atoms with Gasteiger partial charge >= 0.3 is 0 Å². The zero-order valence-electron chi connectivity index (χ0n) is 13.4. The molecule has 0 bridgehead atoms. The lowest BCUT2D eigenvalue weighted by Crippen LogP contribution is -2.53. The van der Waals surface area contributed by atoms with Crippen LogP contribution in [0.4, 0.5) is 0 Å². The molecule has 3 unspecified atom stereocenters. The Morgan fingerprint density at radius 3 is 2.33 bits per heavy atom. The van der Waals surface area contributed by atoms with Crippen LogP contribution < -0.4 is 0 Å². The molecule has 5 heteroatoms. The van der Waals surface area contributed by atoms with Crippen molar-refractivity contribution in [3.05, 3.63) is 0 Å². The smallest absolute Gasteiger partial charge is 0.225 e. The number of aliphatic hydroxyl groups is 1. The number of Topliss-reactive ketones (excluding diaryl/α,β-unsaturated/α-hetero) is 1. The Balaban J connectivity index is 2.01. The summed E-state index contributed by atoms with van der Waals surface area (Å²) in [5.41, 5.74) is 0. The van der Waals surface area contributed by atoms with Crippen molar-refractivity contribution < 1.29 is 14.7 Å². The Kier molecular flexibility index (Phi) is 5.38. The minimum absolute atomic E-state index is 0.0221. The molecule has 0 spiro atoms. The van der Waals surface area contributed by atoms with Crippen LogP contribution in [0.5, 0.6) is 0 Å². The number of piperidine rings is 2. The predicted molar refractivity (Wildman–Crippen MR) is 80.7 cm³/mol. The monoisotopic (exact) mass is 296 g/mol. The second kappa shape index (κ2) is 6.88. The normalized spacial score (nSPS) is 32.2. The molecule has 2 saturated heterocycles. The van der Waals surface area contributed by atoms with Gasteiger partial charge in [-0.2, -0.15) is 0 Å². The first-order valence-corrected chi connectivity index (χ1v) is 8.02. The predicted octanol–water partition coefficient (Wildman–Crippen LogP) is 0.620. The van der Waals surface area contributed by atoms with Gasteiger partial charge in [-0.15, -0.1) is 0 Å². The van der Waals surface area contributed by atoms with Crippen LogP contribution in [-0.2, 0) is 9.59 Å². The number of rotatable bonds is 3. The van der Waals surface area contributed by atoms with Crippen molar-refractivity contribution >= 4 is 11.7 Å². The zero-order valence-corrected chi connectivity index (χ0v) is 13.4. The highest BCUT2D eigenvalue weighted by Crippen LogP contribution is 2.31. The van der Waals surface area contributed by atoms with Crippen LogP contribution in [0.1, 0.15) is 26.7 Å². The molecule has 2 heterocycles. The number of carbonyl (C=O) groups is 2. The topological polar surface area (TPSA) is 60.9 Å². The van der Waals surface area contributed by atoms with Crippen molar-refractivity contribution in [3.8, 4) is 0 Å². The van der Waals surface area contributed by atoms with Gasteiger partial charge in [0, 0.05) is 37.5 Å². The fraction of sp³-hybridized carbons (Fsp3) is 0.875. The van der Waals surface area contributed by atoms with Gasteiger partial charge in [0.05, 0.1) is 0 Å². The molecule has 2 rings (SSSR count).